The van der Waals surface area contributed by atoms with E-state index in [0.29, 0.717) is 0 Å². The molecule has 0 atom stereocenters. The number of benzene rings is 1. The van der Waals surface area contributed by atoms with Gasteiger partial charge in [0, 0.05) is 0 Å². The average Bonchev–Trinajstić information content (AvgIpc) is 2.72. The molecule has 2 rings (SSSR count). The van der Waals surface area contributed by atoms with Crippen LogP contribution >= 0.6 is 0 Å². The first-order valence-corrected chi connectivity index (χ1v) is 5.21. The van der Waals surface area contributed by atoms with Gasteiger partial charge in [-0.25, -0.2) is 0 Å². The third-order valence-electron chi connectivity index (χ3n) is 2.17. The molecule has 1 aromatic heterocycles. The van der Waals surface area contributed by atoms with Crippen LogP contribution < -0.4 is 5.43 Å². The summed E-state index contributed by atoms with van der Waals surface area (Å²) in [4.78, 5) is 0. The lowest BCUT2D eigenvalue weighted by molar-refractivity contribution is 0.527. The molecule has 2 aromatic rings. The lowest BCUT2D eigenvalue weighted by Gasteiger charge is -1.98. The Labute approximate surface area is 94.8 Å². The summed E-state index contributed by atoms with van der Waals surface area (Å²) in [5, 5.41) is 4.08. The van der Waals surface area contributed by atoms with Crippen LogP contribution in [0.25, 0.3) is 0 Å². The smallest absolute Gasteiger partial charge is 0.147 e. The van der Waals surface area contributed by atoms with Gasteiger partial charge in [0.15, 0.2) is 0 Å². The average molecular weight is 214 g/mol. The minimum atomic E-state index is 0.719. The Morgan fingerprint density at radius 3 is 2.69 bits per heavy atom. The van der Waals surface area contributed by atoms with E-state index in [1.807, 2.05) is 37.3 Å². The van der Waals surface area contributed by atoms with Gasteiger partial charge in [-0.05, 0) is 24.6 Å². The third-order valence-corrected chi connectivity index (χ3v) is 2.17. The van der Waals surface area contributed by atoms with E-state index < -0.39 is 0 Å². The fourth-order valence-corrected chi connectivity index (χ4v) is 1.36. The highest BCUT2D eigenvalue weighted by Gasteiger charge is 1.92. The van der Waals surface area contributed by atoms with Crippen molar-refractivity contribution >= 4 is 6.21 Å². The van der Waals surface area contributed by atoms with Gasteiger partial charge in [0.1, 0.15) is 11.5 Å². The Hall–Kier alpha value is -2.03. The maximum absolute atomic E-state index is 5.35. The summed E-state index contributed by atoms with van der Waals surface area (Å²) in [5.74, 6) is 1.66. The van der Waals surface area contributed by atoms with Crippen molar-refractivity contribution in [3.63, 3.8) is 0 Å². The van der Waals surface area contributed by atoms with Crippen LogP contribution in [0.15, 0.2) is 52.0 Å². The second-order valence-corrected chi connectivity index (χ2v) is 3.53. The van der Waals surface area contributed by atoms with Crippen LogP contribution in [-0.2, 0) is 6.54 Å². The van der Waals surface area contributed by atoms with Gasteiger partial charge in [0.05, 0.1) is 12.8 Å². The third kappa shape index (κ3) is 2.98. The molecule has 0 bridgehead atoms. The number of hydrogen-bond donors (Lipinski definition) is 1. The van der Waals surface area contributed by atoms with Crippen molar-refractivity contribution in [1.29, 1.82) is 0 Å². The summed E-state index contributed by atoms with van der Waals surface area (Å²) < 4.78 is 5.35. The second kappa shape index (κ2) is 5.16. The van der Waals surface area contributed by atoms with E-state index >= 15 is 0 Å². The van der Waals surface area contributed by atoms with E-state index in [4.69, 9.17) is 4.42 Å². The predicted molar refractivity (Wildman–Crippen MR) is 64.3 cm³/mol. The second-order valence-electron chi connectivity index (χ2n) is 3.53. The highest BCUT2D eigenvalue weighted by molar-refractivity contribution is 5.75. The first-order chi connectivity index (χ1) is 7.84. The van der Waals surface area contributed by atoms with Crippen molar-refractivity contribution in [2.75, 3.05) is 0 Å². The molecule has 1 aromatic carbocycles. The molecule has 0 aliphatic carbocycles. The Bertz CT molecular complexity index is 460. The number of rotatable bonds is 4. The molecule has 3 heteroatoms. The van der Waals surface area contributed by atoms with E-state index in [-0.39, 0.29) is 0 Å². The summed E-state index contributed by atoms with van der Waals surface area (Å²) >= 11 is 0. The summed E-state index contributed by atoms with van der Waals surface area (Å²) in [6.07, 6.45) is 1.68. The molecule has 16 heavy (non-hydrogen) atoms. The molecule has 0 aliphatic rings. The molecule has 82 valence electrons. The summed E-state index contributed by atoms with van der Waals surface area (Å²) in [6.45, 7) is 2.63. The van der Waals surface area contributed by atoms with Crippen molar-refractivity contribution in [2.45, 2.75) is 13.5 Å². The van der Waals surface area contributed by atoms with E-state index in [2.05, 4.69) is 22.7 Å². The van der Waals surface area contributed by atoms with Gasteiger partial charge < -0.3 is 9.84 Å². The number of hydrazone groups is 1. The molecule has 0 saturated carbocycles. The lowest BCUT2D eigenvalue weighted by atomic mass is 10.2. The van der Waals surface area contributed by atoms with Crippen molar-refractivity contribution in [2.24, 2.45) is 5.10 Å². The monoisotopic (exact) mass is 214 g/mol. The Kier molecular flexibility index (Phi) is 3.38. The summed E-state index contributed by atoms with van der Waals surface area (Å²) in [5.41, 5.74) is 4.17. The zero-order valence-electron chi connectivity index (χ0n) is 9.18. The van der Waals surface area contributed by atoms with E-state index in [1.165, 1.54) is 5.56 Å². The first-order valence-electron chi connectivity index (χ1n) is 5.21. The molecule has 0 amide bonds. The number of aryl methyl sites for hydroxylation is 1. The van der Waals surface area contributed by atoms with Gasteiger partial charge >= 0.3 is 0 Å². The Morgan fingerprint density at radius 1 is 1.19 bits per heavy atom. The topological polar surface area (TPSA) is 37.5 Å². The number of furan rings is 1. The van der Waals surface area contributed by atoms with Gasteiger partial charge in [-0.1, -0.05) is 30.3 Å². The Balaban J connectivity index is 1.82. The van der Waals surface area contributed by atoms with Gasteiger partial charge in [0.25, 0.3) is 0 Å². The van der Waals surface area contributed by atoms with E-state index in [0.717, 1.165) is 18.1 Å². The van der Waals surface area contributed by atoms with Crippen molar-refractivity contribution in [3.8, 4) is 0 Å². The predicted octanol–water partition coefficient (Wildman–Crippen LogP) is 2.71. The van der Waals surface area contributed by atoms with Crippen LogP contribution in [0.5, 0.6) is 0 Å². The van der Waals surface area contributed by atoms with E-state index in [1.54, 1.807) is 6.21 Å². The fraction of sp³-hybridized carbons (Fsp3) is 0.154. The molecule has 3 nitrogen and oxygen atoms in total. The van der Waals surface area contributed by atoms with Crippen LogP contribution in [0.4, 0.5) is 0 Å². The van der Waals surface area contributed by atoms with Crippen LogP contribution in [0.3, 0.4) is 0 Å². The molecule has 0 fully saturated rings. The highest BCUT2D eigenvalue weighted by Crippen LogP contribution is 2.02. The van der Waals surface area contributed by atoms with Gasteiger partial charge in [-0.15, -0.1) is 0 Å². The van der Waals surface area contributed by atoms with Gasteiger partial charge in [-0.2, -0.15) is 5.10 Å². The molecule has 0 unspecified atom stereocenters. The first kappa shape index (κ1) is 10.5. The van der Waals surface area contributed by atoms with Crippen molar-refractivity contribution < 1.29 is 4.42 Å². The minimum absolute atomic E-state index is 0.719. The van der Waals surface area contributed by atoms with Crippen molar-refractivity contribution in [3.05, 3.63) is 59.5 Å². The normalized spacial score (nSPS) is 10.8. The van der Waals surface area contributed by atoms with Gasteiger partial charge in [-0.3, -0.25) is 0 Å². The minimum Gasteiger partial charge on any atom is -0.460 e. The quantitative estimate of drug-likeness (QED) is 0.627. The summed E-state index contributed by atoms with van der Waals surface area (Å²) in [6, 6.07) is 13.9. The molecule has 1 heterocycles. The molecule has 0 saturated heterocycles. The molecule has 1 N–H and O–H groups in total. The zero-order valence-corrected chi connectivity index (χ0v) is 9.18. The lowest BCUT2D eigenvalue weighted by Crippen LogP contribution is -2.04. The Morgan fingerprint density at radius 2 is 2.00 bits per heavy atom. The van der Waals surface area contributed by atoms with Crippen molar-refractivity contribution in [1.82, 2.24) is 5.43 Å². The highest BCUT2D eigenvalue weighted by atomic mass is 16.3. The maximum atomic E-state index is 5.35. The molecule has 0 spiro atoms. The van der Waals surface area contributed by atoms with Crippen LogP contribution in [-0.4, -0.2) is 6.21 Å². The maximum Gasteiger partial charge on any atom is 0.147 e. The fourth-order valence-electron chi connectivity index (χ4n) is 1.36. The van der Waals surface area contributed by atoms with Crippen LogP contribution in [0.2, 0.25) is 0 Å². The largest absolute Gasteiger partial charge is 0.460 e. The van der Waals surface area contributed by atoms with Crippen LogP contribution in [0, 0.1) is 6.92 Å². The summed E-state index contributed by atoms with van der Waals surface area (Å²) in [7, 11) is 0. The number of nitrogens with one attached hydrogen (secondary N) is 1. The number of nitrogens with zero attached hydrogens (tertiary/aromatic N) is 1. The molecule has 0 radical (unpaired) electrons. The van der Waals surface area contributed by atoms with E-state index in [9.17, 15) is 0 Å². The molecular formula is C13H14N2O. The van der Waals surface area contributed by atoms with Gasteiger partial charge in [0.2, 0.25) is 0 Å². The zero-order chi connectivity index (χ0) is 11.2. The SMILES string of the molecule is Cc1ccc(C=NNCc2ccccc2)o1. The standard InChI is InChI=1S/C13H14N2O/c1-11-7-8-13(16-11)10-15-14-9-12-5-3-2-4-6-12/h2-8,10,14H,9H2,1H3. The van der Waals surface area contributed by atoms with Crippen LogP contribution in [0.1, 0.15) is 17.1 Å². The molecule has 0 aliphatic heterocycles. The molecular weight excluding hydrogens is 200 g/mol. The number of hydrogen-bond acceptors (Lipinski definition) is 3.